The first kappa shape index (κ1) is 9.44. The summed E-state index contributed by atoms with van der Waals surface area (Å²) >= 11 is 0. The van der Waals surface area contributed by atoms with Crippen LogP contribution in [0.5, 0.6) is 0 Å². The fourth-order valence-corrected chi connectivity index (χ4v) is 0.754. The first-order valence-corrected chi connectivity index (χ1v) is 3.45. The minimum atomic E-state index is -4.04. The highest BCUT2D eigenvalue weighted by Crippen LogP contribution is 2.17. The molecule has 0 fully saturated rings. The number of aliphatic carboxylic acids is 1. The van der Waals surface area contributed by atoms with Crippen LogP contribution in [0.15, 0.2) is 30.3 Å². The van der Waals surface area contributed by atoms with Crippen molar-refractivity contribution in [2.24, 2.45) is 0 Å². The highest BCUT2D eigenvalue weighted by atomic mass is 19.3. The summed E-state index contributed by atoms with van der Waals surface area (Å²) in [4.78, 5) is 9.90. The topological polar surface area (TPSA) is 52.2 Å². The van der Waals surface area contributed by atoms with Crippen molar-refractivity contribution in [3.63, 3.8) is 0 Å². The molecule has 0 saturated heterocycles. The molecule has 1 aromatic carbocycles. The molecule has 1 rings (SSSR count). The van der Waals surface area contributed by atoms with Gasteiger partial charge in [-0.2, -0.15) is 8.78 Å². The number of benzene rings is 1. The number of rotatable bonds is 3. The maximum atomic E-state index is 12.5. The largest absolute Gasteiger partial charge is 0.542 e. The van der Waals surface area contributed by atoms with Crippen molar-refractivity contribution in [1.82, 2.24) is 0 Å². The average Bonchev–Trinajstić information content (AvgIpc) is 2.05. The van der Waals surface area contributed by atoms with Crippen molar-refractivity contribution in [1.29, 1.82) is 0 Å². The molecule has 0 radical (unpaired) electrons. The highest BCUT2D eigenvalue weighted by molar-refractivity contribution is 5.76. The molecule has 1 aromatic rings. The maximum Gasteiger partial charge on any atom is 0.364 e. The average molecular weight is 186 g/mol. The molecule has 3 nitrogen and oxygen atoms in total. The fraction of sp³-hybridized carbons (Fsp3) is 0.125. The Labute approximate surface area is 73.0 Å². The molecule has 1 N–H and O–H groups in total. The van der Waals surface area contributed by atoms with Gasteiger partial charge in [0.1, 0.15) is 5.97 Å². The summed E-state index contributed by atoms with van der Waals surface area (Å²) in [6.07, 6.45) is 0. The number of nitrogens with one attached hydrogen (secondary N) is 1. The van der Waals surface area contributed by atoms with Crippen LogP contribution in [0.1, 0.15) is 0 Å². The Bertz CT molecular complexity index is 300. The van der Waals surface area contributed by atoms with Crippen molar-refractivity contribution < 1.29 is 18.7 Å². The minimum Gasteiger partial charge on any atom is -0.542 e. The van der Waals surface area contributed by atoms with E-state index in [0.29, 0.717) is 0 Å². The van der Waals surface area contributed by atoms with Crippen LogP contribution >= 0.6 is 0 Å². The van der Waals surface area contributed by atoms with E-state index in [1.54, 1.807) is 6.07 Å². The zero-order chi connectivity index (χ0) is 9.90. The van der Waals surface area contributed by atoms with Gasteiger partial charge in [0.15, 0.2) is 0 Å². The van der Waals surface area contributed by atoms with Gasteiger partial charge in [-0.3, -0.25) is 0 Å². The standard InChI is InChI=1S/C8H7F2NO2/c9-8(10,7(12)13)11-6-4-2-1-3-5-6/h1-5,11H,(H,12,13)/p-1. The zero-order valence-corrected chi connectivity index (χ0v) is 6.46. The summed E-state index contributed by atoms with van der Waals surface area (Å²) < 4.78 is 24.9. The Morgan fingerprint density at radius 2 is 1.85 bits per heavy atom. The molecular weight excluding hydrogens is 180 g/mol. The summed E-state index contributed by atoms with van der Waals surface area (Å²) in [5.41, 5.74) is 0.0247. The van der Waals surface area contributed by atoms with E-state index in [0.717, 1.165) is 0 Å². The Hall–Kier alpha value is -1.65. The zero-order valence-electron chi connectivity index (χ0n) is 6.46. The van der Waals surface area contributed by atoms with E-state index in [9.17, 15) is 18.7 Å². The summed E-state index contributed by atoms with van der Waals surface area (Å²) in [7, 11) is 0. The second-order valence-corrected chi connectivity index (χ2v) is 2.35. The van der Waals surface area contributed by atoms with Gasteiger partial charge in [-0.05, 0) is 12.1 Å². The van der Waals surface area contributed by atoms with E-state index in [1.807, 2.05) is 0 Å². The second kappa shape index (κ2) is 3.38. The number of hydrogen-bond donors (Lipinski definition) is 1. The van der Waals surface area contributed by atoms with Crippen LogP contribution in [0.4, 0.5) is 14.5 Å². The SMILES string of the molecule is O=C([O-])C(F)(F)Nc1ccccc1. The van der Waals surface area contributed by atoms with Crippen molar-refractivity contribution in [3.05, 3.63) is 30.3 Å². The molecule has 0 aliphatic heterocycles. The molecule has 0 aromatic heterocycles. The van der Waals surface area contributed by atoms with Crippen LogP contribution in [0.3, 0.4) is 0 Å². The van der Waals surface area contributed by atoms with Crippen molar-refractivity contribution in [2.75, 3.05) is 5.32 Å². The smallest absolute Gasteiger partial charge is 0.364 e. The third kappa shape index (κ3) is 2.40. The third-order valence-corrected chi connectivity index (χ3v) is 1.33. The van der Waals surface area contributed by atoms with E-state index >= 15 is 0 Å². The summed E-state index contributed by atoms with van der Waals surface area (Å²) in [5, 5.41) is 11.4. The van der Waals surface area contributed by atoms with E-state index in [1.165, 1.54) is 29.6 Å². The predicted molar refractivity (Wildman–Crippen MR) is 40.0 cm³/mol. The van der Waals surface area contributed by atoms with E-state index in [4.69, 9.17) is 0 Å². The summed E-state index contributed by atoms with van der Waals surface area (Å²) in [5.74, 6) is -2.45. The van der Waals surface area contributed by atoms with E-state index < -0.39 is 12.0 Å². The number of hydrogen-bond acceptors (Lipinski definition) is 3. The second-order valence-electron chi connectivity index (χ2n) is 2.35. The van der Waals surface area contributed by atoms with Gasteiger partial charge in [-0.15, -0.1) is 0 Å². The molecule has 0 aliphatic rings. The number of para-hydroxylation sites is 1. The van der Waals surface area contributed by atoms with Crippen LogP contribution < -0.4 is 10.4 Å². The van der Waals surface area contributed by atoms with Crippen LogP contribution in [-0.2, 0) is 4.79 Å². The van der Waals surface area contributed by atoms with Crippen LogP contribution in [0, 0.1) is 0 Å². The molecule has 0 aliphatic carbocycles. The molecule has 13 heavy (non-hydrogen) atoms. The van der Waals surface area contributed by atoms with Gasteiger partial charge in [0.05, 0.1) is 0 Å². The molecule has 0 amide bonds. The monoisotopic (exact) mass is 186 g/mol. The molecule has 0 atom stereocenters. The number of carboxylic acid groups (broad SMARTS) is 1. The molecule has 0 bridgehead atoms. The predicted octanol–water partition coefficient (Wildman–Crippen LogP) is 0.441. The van der Waals surface area contributed by atoms with Crippen LogP contribution in [-0.4, -0.2) is 12.0 Å². The minimum absolute atomic E-state index is 0.0247. The third-order valence-electron chi connectivity index (χ3n) is 1.33. The maximum absolute atomic E-state index is 12.5. The fourth-order valence-electron chi connectivity index (χ4n) is 0.754. The van der Waals surface area contributed by atoms with Gasteiger partial charge in [0, 0.05) is 5.69 Å². The van der Waals surface area contributed by atoms with Gasteiger partial charge in [0.25, 0.3) is 0 Å². The molecule has 70 valence electrons. The molecule has 0 unspecified atom stereocenters. The molecule has 0 spiro atoms. The van der Waals surface area contributed by atoms with Gasteiger partial charge in [-0.25, -0.2) is 0 Å². The highest BCUT2D eigenvalue weighted by Gasteiger charge is 2.30. The van der Waals surface area contributed by atoms with Crippen molar-refractivity contribution >= 4 is 11.7 Å². The van der Waals surface area contributed by atoms with Gasteiger partial charge >= 0.3 is 6.05 Å². The Kier molecular flexibility index (Phi) is 2.46. The first-order valence-electron chi connectivity index (χ1n) is 3.45. The molecule has 0 heterocycles. The Morgan fingerprint density at radius 1 is 1.31 bits per heavy atom. The lowest BCUT2D eigenvalue weighted by Crippen LogP contribution is -2.47. The van der Waals surface area contributed by atoms with Gasteiger partial charge < -0.3 is 15.2 Å². The molecule has 5 heteroatoms. The number of carbonyl (C=O) groups is 1. The number of halogens is 2. The van der Waals surface area contributed by atoms with Gasteiger partial charge in [-0.1, -0.05) is 18.2 Å². The first-order chi connectivity index (χ1) is 6.02. The van der Waals surface area contributed by atoms with Gasteiger partial charge in [0.2, 0.25) is 0 Å². The lowest BCUT2D eigenvalue weighted by molar-refractivity contribution is -0.326. The van der Waals surface area contributed by atoms with Crippen LogP contribution in [0.25, 0.3) is 0 Å². The Balaban J connectivity index is 2.75. The van der Waals surface area contributed by atoms with Crippen LogP contribution in [0.2, 0.25) is 0 Å². The number of carboxylic acids is 1. The normalized spacial score (nSPS) is 10.9. The summed E-state index contributed by atoms with van der Waals surface area (Å²) in [6, 6.07) is 3.26. The van der Waals surface area contributed by atoms with Crippen molar-refractivity contribution in [3.8, 4) is 0 Å². The number of anilines is 1. The summed E-state index contributed by atoms with van der Waals surface area (Å²) in [6.45, 7) is 0. The Morgan fingerprint density at radius 3 is 2.31 bits per heavy atom. The lowest BCUT2D eigenvalue weighted by atomic mass is 10.3. The molecular formula is C8H6F2NO2-. The lowest BCUT2D eigenvalue weighted by Gasteiger charge is -2.19. The van der Waals surface area contributed by atoms with Crippen molar-refractivity contribution in [2.45, 2.75) is 6.05 Å². The van der Waals surface area contributed by atoms with E-state index in [-0.39, 0.29) is 5.69 Å². The number of carbonyl (C=O) groups excluding carboxylic acids is 1. The molecule has 0 saturated carbocycles. The number of alkyl halides is 2. The van der Waals surface area contributed by atoms with E-state index in [2.05, 4.69) is 0 Å². The quantitative estimate of drug-likeness (QED) is 0.697.